The Labute approximate surface area is 288 Å². The highest BCUT2D eigenvalue weighted by Crippen LogP contribution is 2.63. The van der Waals surface area contributed by atoms with Crippen molar-refractivity contribution < 1.29 is 18.9 Å². The van der Waals surface area contributed by atoms with E-state index in [9.17, 15) is 0 Å². The summed E-state index contributed by atoms with van der Waals surface area (Å²) in [6.45, 7) is 21.3. The van der Waals surface area contributed by atoms with Crippen LogP contribution in [0, 0.1) is 0 Å². The minimum atomic E-state index is 0.150. The third-order valence-electron chi connectivity index (χ3n) is 10.7. The number of fused-ring (bicyclic) bond motifs is 4. The number of hydrogen-bond acceptors (Lipinski definition) is 4. The number of ether oxygens (including phenoxy) is 4. The molecule has 2 aliphatic carbocycles. The average Bonchev–Trinajstić information content (AvgIpc) is 3.10. The van der Waals surface area contributed by atoms with Crippen molar-refractivity contribution >= 4 is 21.5 Å². The van der Waals surface area contributed by atoms with Crippen molar-refractivity contribution in [1.82, 2.24) is 0 Å². The van der Waals surface area contributed by atoms with Gasteiger partial charge in [-0.2, -0.15) is 0 Å². The van der Waals surface area contributed by atoms with E-state index in [1.165, 1.54) is 33.4 Å². The molecule has 6 rings (SSSR count). The van der Waals surface area contributed by atoms with Crippen LogP contribution in [0.25, 0.3) is 21.5 Å². The first-order valence-electron chi connectivity index (χ1n) is 18.8. The molecule has 4 nitrogen and oxygen atoms in total. The van der Waals surface area contributed by atoms with E-state index in [0.29, 0.717) is 26.4 Å². The average molecular weight is 649 g/mol. The number of unbranched alkanes of at least 4 members (excludes halogenated alkanes) is 2. The van der Waals surface area contributed by atoms with E-state index in [0.717, 1.165) is 83.1 Å². The molecule has 0 N–H and O–H groups in total. The SMILES string of the molecule is CCCCOc1c2c(c(OCCCC)c3ccccc13)C(C)C1=C(C(C)c3c(c(OCCC)c4ccccc4c3OCCC)C1C)C2C. The van der Waals surface area contributed by atoms with Gasteiger partial charge in [0.05, 0.1) is 26.4 Å². The van der Waals surface area contributed by atoms with Crippen molar-refractivity contribution in [2.75, 3.05) is 26.4 Å². The lowest BCUT2D eigenvalue weighted by Gasteiger charge is -2.45. The number of rotatable bonds is 14. The molecular formula is C44H56O4. The van der Waals surface area contributed by atoms with Crippen molar-refractivity contribution in [2.45, 2.75) is 118 Å². The fourth-order valence-corrected chi connectivity index (χ4v) is 8.59. The molecule has 0 saturated heterocycles. The summed E-state index contributed by atoms with van der Waals surface area (Å²) >= 11 is 0. The van der Waals surface area contributed by atoms with Crippen molar-refractivity contribution in [1.29, 1.82) is 0 Å². The van der Waals surface area contributed by atoms with E-state index in [2.05, 4.69) is 104 Å². The molecule has 0 spiro atoms. The van der Waals surface area contributed by atoms with E-state index < -0.39 is 0 Å². The first-order valence-corrected chi connectivity index (χ1v) is 18.8. The lowest BCUT2D eigenvalue weighted by atomic mass is 9.60. The van der Waals surface area contributed by atoms with Gasteiger partial charge in [-0.1, -0.05) is 128 Å². The monoisotopic (exact) mass is 648 g/mol. The molecule has 256 valence electrons. The van der Waals surface area contributed by atoms with Gasteiger partial charge in [0.2, 0.25) is 0 Å². The summed E-state index contributed by atoms with van der Waals surface area (Å²) in [7, 11) is 0. The van der Waals surface area contributed by atoms with Gasteiger partial charge >= 0.3 is 0 Å². The van der Waals surface area contributed by atoms with Gasteiger partial charge in [0.1, 0.15) is 23.0 Å². The van der Waals surface area contributed by atoms with Crippen LogP contribution in [0.15, 0.2) is 59.7 Å². The van der Waals surface area contributed by atoms with Crippen LogP contribution in [-0.2, 0) is 0 Å². The molecule has 0 aromatic heterocycles. The van der Waals surface area contributed by atoms with Gasteiger partial charge in [0.15, 0.2) is 0 Å². The summed E-state index contributed by atoms with van der Waals surface area (Å²) < 4.78 is 27.2. The van der Waals surface area contributed by atoms with Crippen molar-refractivity contribution in [3.63, 3.8) is 0 Å². The van der Waals surface area contributed by atoms with Crippen LogP contribution in [0.4, 0.5) is 0 Å². The minimum absolute atomic E-state index is 0.150. The molecule has 0 saturated carbocycles. The van der Waals surface area contributed by atoms with Gasteiger partial charge in [-0.05, 0) is 25.7 Å². The Morgan fingerprint density at radius 3 is 0.917 bits per heavy atom. The lowest BCUT2D eigenvalue weighted by Crippen LogP contribution is -2.29. The highest BCUT2D eigenvalue weighted by Gasteiger charge is 2.45. The predicted molar refractivity (Wildman–Crippen MR) is 201 cm³/mol. The summed E-state index contributed by atoms with van der Waals surface area (Å²) in [5, 5.41) is 4.62. The first kappa shape index (κ1) is 34.2. The van der Waals surface area contributed by atoms with Gasteiger partial charge < -0.3 is 18.9 Å². The molecule has 0 amide bonds. The number of allylic oxidation sites excluding steroid dienone is 2. The first-order chi connectivity index (χ1) is 23.4. The summed E-state index contributed by atoms with van der Waals surface area (Å²) in [5.74, 6) is 4.75. The molecule has 48 heavy (non-hydrogen) atoms. The van der Waals surface area contributed by atoms with E-state index in [1.807, 2.05) is 0 Å². The summed E-state index contributed by atoms with van der Waals surface area (Å²) in [4.78, 5) is 0. The molecule has 4 aromatic rings. The maximum atomic E-state index is 6.84. The Bertz CT molecular complexity index is 1670. The smallest absolute Gasteiger partial charge is 0.131 e. The Morgan fingerprint density at radius 1 is 0.396 bits per heavy atom. The summed E-state index contributed by atoms with van der Waals surface area (Å²) in [6.07, 6.45) is 6.18. The molecule has 4 aromatic carbocycles. The zero-order chi connectivity index (χ0) is 33.9. The van der Waals surface area contributed by atoms with E-state index >= 15 is 0 Å². The molecule has 0 aliphatic heterocycles. The zero-order valence-electron chi connectivity index (χ0n) is 30.6. The normalized spacial score (nSPS) is 20.0. The number of benzene rings is 4. The fourth-order valence-electron chi connectivity index (χ4n) is 8.59. The van der Waals surface area contributed by atoms with Gasteiger partial charge in [0.25, 0.3) is 0 Å². The highest BCUT2D eigenvalue weighted by molar-refractivity contribution is 5.99. The maximum absolute atomic E-state index is 6.84. The fraction of sp³-hybridized carbons (Fsp3) is 0.500. The third-order valence-corrected chi connectivity index (χ3v) is 10.7. The van der Waals surface area contributed by atoms with Crippen LogP contribution in [0.3, 0.4) is 0 Å². The molecule has 0 bridgehead atoms. The van der Waals surface area contributed by atoms with Gasteiger partial charge in [-0.3, -0.25) is 0 Å². The topological polar surface area (TPSA) is 36.9 Å². The van der Waals surface area contributed by atoms with Crippen molar-refractivity contribution in [3.05, 3.63) is 81.9 Å². The molecule has 4 atom stereocenters. The van der Waals surface area contributed by atoms with Crippen LogP contribution in [0.5, 0.6) is 23.0 Å². The molecule has 0 fully saturated rings. The quantitative estimate of drug-likeness (QED) is 0.101. The van der Waals surface area contributed by atoms with E-state index in [-0.39, 0.29) is 23.7 Å². The standard InChI is InChI=1S/C44H56O4/c1-9-13-25-47-43-33-21-17-18-22-34(33)44(48-26-14-10-2)40-30(8)36-28(6)38-37(27(5)35(36)29(7)39(40)43)41(45-23-11-3)31-19-15-16-20-32(31)42(38)46-24-12-4/h15-22,27-30H,9-14,23-26H2,1-8H3. The minimum Gasteiger partial charge on any atom is -0.493 e. The Hall–Kier alpha value is -3.66. The van der Waals surface area contributed by atoms with Crippen LogP contribution >= 0.6 is 0 Å². The lowest BCUT2D eigenvalue weighted by molar-refractivity contribution is 0.296. The second-order valence-corrected chi connectivity index (χ2v) is 14.0. The van der Waals surface area contributed by atoms with Gasteiger partial charge in [0, 0.05) is 67.5 Å². The Kier molecular flexibility index (Phi) is 10.6. The largest absolute Gasteiger partial charge is 0.493 e. The summed E-state index contributed by atoms with van der Waals surface area (Å²) in [6, 6.07) is 17.4. The Morgan fingerprint density at radius 2 is 0.667 bits per heavy atom. The third kappa shape index (κ3) is 5.73. The van der Waals surface area contributed by atoms with Crippen molar-refractivity contribution in [2.24, 2.45) is 0 Å². The van der Waals surface area contributed by atoms with Crippen LogP contribution in [-0.4, -0.2) is 26.4 Å². The van der Waals surface area contributed by atoms with Crippen molar-refractivity contribution in [3.8, 4) is 23.0 Å². The van der Waals surface area contributed by atoms with E-state index in [1.54, 1.807) is 0 Å². The molecule has 0 heterocycles. The summed E-state index contributed by atoms with van der Waals surface area (Å²) in [5.41, 5.74) is 8.23. The van der Waals surface area contributed by atoms with Crippen LogP contribution in [0.2, 0.25) is 0 Å². The molecule has 2 aliphatic rings. The zero-order valence-corrected chi connectivity index (χ0v) is 30.6. The van der Waals surface area contributed by atoms with Crippen LogP contribution in [0.1, 0.15) is 140 Å². The maximum Gasteiger partial charge on any atom is 0.131 e. The molecule has 4 heteroatoms. The van der Waals surface area contributed by atoms with E-state index in [4.69, 9.17) is 18.9 Å². The Balaban J connectivity index is 1.64. The predicted octanol–water partition coefficient (Wildman–Crippen LogP) is 12.4. The molecule has 0 radical (unpaired) electrons. The molecule has 4 unspecified atom stereocenters. The second kappa shape index (κ2) is 14.8. The molecular weight excluding hydrogens is 592 g/mol. The van der Waals surface area contributed by atoms with Gasteiger partial charge in [-0.15, -0.1) is 0 Å². The highest BCUT2D eigenvalue weighted by atomic mass is 16.5. The van der Waals surface area contributed by atoms with Crippen LogP contribution < -0.4 is 18.9 Å². The number of hydrogen-bond donors (Lipinski definition) is 0. The van der Waals surface area contributed by atoms with Gasteiger partial charge in [-0.25, -0.2) is 0 Å². The second-order valence-electron chi connectivity index (χ2n) is 14.0.